The van der Waals surface area contributed by atoms with Crippen LogP contribution in [0.5, 0.6) is 0 Å². The van der Waals surface area contributed by atoms with Gasteiger partial charge in [0.1, 0.15) is 5.82 Å². The van der Waals surface area contributed by atoms with Gasteiger partial charge >= 0.3 is 0 Å². The normalized spacial score (nSPS) is 10.5. The quantitative estimate of drug-likeness (QED) is 0.755. The number of rotatable bonds is 5. The minimum atomic E-state index is 0.503. The maximum Gasteiger partial charge on any atom is 0.151 e. The fraction of sp³-hybridized carbons (Fsp3) is 0.312. The molecule has 2 N–H and O–H groups in total. The lowest BCUT2D eigenvalue weighted by molar-refractivity contribution is 0.970. The van der Waals surface area contributed by atoms with Gasteiger partial charge in [-0.3, -0.25) is 0 Å². The van der Waals surface area contributed by atoms with Crippen LogP contribution in [-0.4, -0.2) is 11.5 Å². The van der Waals surface area contributed by atoms with Crippen LogP contribution in [0.2, 0.25) is 10.0 Å². The van der Waals surface area contributed by atoms with E-state index in [1.54, 1.807) is 6.07 Å². The summed E-state index contributed by atoms with van der Waals surface area (Å²) in [5.74, 6) is 1.25. The number of halogens is 2. The van der Waals surface area contributed by atoms with E-state index in [2.05, 4.69) is 47.7 Å². The summed E-state index contributed by atoms with van der Waals surface area (Å²) in [6.45, 7) is 7.00. The van der Waals surface area contributed by atoms with Crippen molar-refractivity contribution >= 4 is 40.5 Å². The number of aryl methyl sites for hydroxylation is 2. The molecule has 0 saturated carbocycles. The van der Waals surface area contributed by atoms with Crippen LogP contribution in [0.15, 0.2) is 24.3 Å². The average molecular weight is 324 g/mol. The average Bonchev–Trinajstić information content (AvgIpc) is 2.44. The molecule has 1 aromatic heterocycles. The van der Waals surface area contributed by atoms with Crippen molar-refractivity contribution in [3.05, 3.63) is 45.4 Å². The maximum absolute atomic E-state index is 6.24. The number of nitrogens with zero attached hydrogens (tertiary/aromatic N) is 1. The molecular weight excluding hydrogens is 305 g/mol. The Hall–Kier alpha value is -1.45. The van der Waals surface area contributed by atoms with Crippen molar-refractivity contribution in [3.8, 4) is 0 Å². The van der Waals surface area contributed by atoms with E-state index in [1.165, 1.54) is 5.56 Å². The van der Waals surface area contributed by atoms with Gasteiger partial charge in [0.25, 0.3) is 0 Å². The van der Waals surface area contributed by atoms with E-state index in [4.69, 9.17) is 23.2 Å². The Morgan fingerprint density at radius 3 is 2.48 bits per heavy atom. The van der Waals surface area contributed by atoms with Crippen molar-refractivity contribution in [3.63, 3.8) is 0 Å². The molecule has 0 atom stereocenters. The summed E-state index contributed by atoms with van der Waals surface area (Å²) in [5, 5.41) is 7.51. The van der Waals surface area contributed by atoms with Gasteiger partial charge in [-0.2, -0.15) is 0 Å². The number of aromatic nitrogens is 1. The molecule has 2 rings (SSSR count). The molecule has 0 spiro atoms. The second-order valence-electron chi connectivity index (χ2n) is 5.02. The first-order valence-corrected chi connectivity index (χ1v) is 7.71. The second-order valence-corrected chi connectivity index (χ2v) is 5.83. The van der Waals surface area contributed by atoms with Crippen molar-refractivity contribution in [1.29, 1.82) is 0 Å². The molecule has 0 bridgehead atoms. The van der Waals surface area contributed by atoms with Crippen LogP contribution in [0.3, 0.4) is 0 Å². The standard InChI is InChI=1S/C16H19Cl2N3/c1-4-7-19-15-12(17)9-13(18)16(21-15)20-14-8-10(2)5-6-11(14)3/h5-6,8-9H,4,7H2,1-3H3,(H2,19,20,21). The zero-order valence-electron chi connectivity index (χ0n) is 12.4. The smallest absolute Gasteiger partial charge is 0.151 e. The maximum atomic E-state index is 6.24. The Bertz CT molecular complexity index is 642. The van der Waals surface area contributed by atoms with Crippen LogP contribution < -0.4 is 10.6 Å². The SMILES string of the molecule is CCCNc1nc(Nc2cc(C)ccc2C)c(Cl)cc1Cl. The Kier molecular flexibility index (Phi) is 5.32. The van der Waals surface area contributed by atoms with Gasteiger partial charge in [-0.15, -0.1) is 0 Å². The number of nitrogens with one attached hydrogen (secondary N) is 2. The highest BCUT2D eigenvalue weighted by Crippen LogP contribution is 2.32. The summed E-state index contributed by atoms with van der Waals surface area (Å²) in [6, 6.07) is 7.92. The Balaban J connectivity index is 2.32. The van der Waals surface area contributed by atoms with Gasteiger partial charge in [-0.1, -0.05) is 42.3 Å². The van der Waals surface area contributed by atoms with E-state index in [9.17, 15) is 0 Å². The second kappa shape index (κ2) is 7.01. The summed E-state index contributed by atoms with van der Waals surface area (Å²) in [5.41, 5.74) is 3.31. The fourth-order valence-corrected chi connectivity index (χ4v) is 2.39. The third-order valence-electron chi connectivity index (χ3n) is 3.12. The molecule has 0 aliphatic rings. The minimum absolute atomic E-state index is 0.503. The first kappa shape index (κ1) is 15.9. The zero-order chi connectivity index (χ0) is 15.4. The topological polar surface area (TPSA) is 37.0 Å². The van der Waals surface area contributed by atoms with Crippen LogP contribution in [-0.2, 0) is 0 Å². The van der Waals surface area contributed by atoms with Gasteiger partial charge in [0.05, 0.1) is 10.0 Å². The van der Waals surface area contributed by atoms with Crippen molar-refractivity contribution < 1.29 is 0 Å². The molecular formula is C16H19Cl2N3. The van der Waals surface area contributed by atoms with Crippen molar-refractivity contribution in [2.24, 2.45) is 0 Å². The fourth-order valence-electron chi connectivity index (χ4n) is 1.92. The van der Waals surface area contributed by atoms with Crippen LogP contribution in [0.1, 0.15) is 24.5 Å². The van der Waals surface area contributed by atoms with Crippen LogP contribution >= 0.6 is 23.2 Å². The predicted molar refractivity (Wildman–Crippen MR) is 92.2 cm³/mol. The van der Waals surface area contributed by atoms with E-state index in [0.717, 1.165) is 24.2 Å². The molecule has 0 amide bonds. The summed E-state index contributed by atoms with van der Waals surface area (Å²) in [7, 11) is 0. The molecule has 2 aromatic rings. The Labute approximate surface area is 135 Å². The molecule has 1 heterocycles. The van der Waals surface area contributed by atoms with Gasteiger partial charge in [0.2, 0.25) is 0 Å². The molecule has 0 radical (unpaired) electrons. The van der Waals surface area contributed by atoms with E-state index in [1.807, 2.05) is 6.92 Å². The lowest BCUT2D eigenvalue weighted by Gasteiger charge is -2.14. The highest BCUT2D eigenvalue weighted by Gasteiger charge is 2.10. The molecule has 0 unspecified atom stereocenters. The molecule has 3 nitrogen and oxygen atoms in total. The Morgan fingerprint density at radius 2 is 1.76 bits per heavy atom. The molecule has 5 heteroatoms. The van der Waals surface area contributed by atoms with Gasteiger partial charge in [-0.05, 0) is 43.5 Å². The molecule has 0 saturated heterocycles. The lowest BCUT2D eigenvalue weighted by Crippen LogP contribution is -2.05. The first-order chi connectivity index (χ1) is 10.0. The van der Waals surface area contributed by atoms with Gasteiger partial charge in [-0.25, -0.2) is 4.98 Å². The lowest BCUT2D eigenvalue weighted by atomic mass is 10.1. The summed E-state index contributed by atoms with van der Waals surface area (Å²) >= 11 is 12.4. The summed E-state index contributed by atoms with van der Waals surface area (Å²) < 4.78 is 0. The van der Waals surface area contributed by atoms with Crippen LogP contribution in [0, 0.1) is 13.8 Å². The number of hydrogen-bond donors (Lipinski definition) is 2. The highest BCUT2D eigenvalue weighted by molar-refractivity contribution is 6.37. The van der Waals surface area contributed by atoms with Crippen LogP contribution in [0.4, 0.5) is 17.3 Å². The van der Waals surface area contributed by atoms with Gasteiger partial charge in [0, 0.05) is 12.2 Å². The van der Waals surface area contributed by atoms with Crippen molar-refractivity contribution in [2.45, 2.75) is 27.2 Å². The minimum Gasteiger partial charge on any atom is -0.369 e. The summed E-state index contributed by atoms with van der Waals surface area (Å²) in [6.07, 6.45) is 1.00. The number of benzene rings is 1. The van der Waals surface area contributed by atoms with E-state index in [0.29, 0.717) is 21.7 Å². The van der Waals surface area contributed by atoms with Crippen LogP contribution in [0.25, 0.3) is 0 Å². The monoisotopic (exact) mass is 323 g/mol. The van der Waals surface area contributed by atoms with Gasteiger partial charge in [0.15, 0.2) is 5.82 Å². The molecule has 0 aliphatic heterocycles. The third-order valence-corrected chi connectivity index (χ3v) is 3.69. The van der Waals surface area contributed by atoms with Crippen molar-refractivity contribution in [2.75, 3.05) is 17.2 Å². The van der Waals surface area contributed by atoms with E-state index >= 15 is 0 Å². The molecule has 0 fully saturated rings. The number of hydrogen-bond acceptors (Lipinski definition) is 3. The zero-order valence-corrected chi connectivity index (χ0v) is 13.9. The number of anilines is 3. The van der Waals surface area contributed by atoms with E-state index < -0.39 is 0 Å². The Morgan fingerprint density at radius 1 is 1.05 bits per heavy atom. The van der Waals surface area contributed by atoms with E-state index in [-0.39, 0.29) is 0 Å². The molecule has 1 aromatic carbocycles. The largest absolute Gasteiger partial charge is 0.369 e. The molecule has 112 valence electrons. The molecule has 21 heavy (non-hydrogen) atoms. The highest BCUT2D eigenvalue weighted by atomic mass is 35.5. The van der Waals surface area contributed by atoms with Gasteiger partial charge < -0.3 is 10.6 Å². The predicted octanol–water partition coefficient (Wildman–Crippen LogP) is 5.57. The number of pyridine rings is 1. The molecule has 0 aliphatic carbocycles. The summed E-state index contributed by atoms with van der Waals surface area (Å²) in [4.78, 5) is 4.49. The third kappa shape index (κ3) is 4.02. The van der Waals surface area contributed by atoms with Crippen molar-refractivity contribution in [1.82, 2.24) is 4.98 Å². The first-order valence-electron chi connectivity index (χ1n) is 6.95.